The Balaban J connectivity index is 2.06. The topological polar surface area (TPSA) is 69.0 Å². The van der Waals surface area contributed by atoms with Gasteiger partial charge in [-0.2, -0.15) is 5.10 Å². The first-order valence-electron chi connectivity index (χ1n) is 6.23. The number of carbonyl (C=O) groups is 1. The van der Waals surface area contributed by atoms with E-state index in [1.54, 1.807) is 42.5 Å². The van der Waals surface area contributed by atoms with Gasteiger partial charge in [-0.25, -0.2) is 0 Å². The van der Waals surface area contributed by atoms with E-state index in [0.29, 0.717) is 11.4 Å². The maximum atomic E-state index is 11.9. The van der Waals surface area contributed by atoms with Gasteiger partial charge in [0.2, 0.25) is 5.91 Å². The van der Waals surface area contributed by atoms with E-state index in [4.69, 9.17) is 4.74 Å². The van der Waals surface area contributed by atoms with Gasteiger partial charge in [0, 0.05) is 31.1 Å². The molecule has 0 saturated heterocycles. The van der Waals surface area contributed by atoms with Crippen molar-refractivity contribution < 1.29 is 9.53 Å². The molecule has 0 unspecified atom stereocenters. The number of nitrogens with zero attached hydrogens (tertiary/aromatic N) is 3. The molecule has 104 valence electrons. The van der Waals surface area contributed by atoms with Gasteiger partial charge in [-0.05, 0) is 19.1 Å². The van der Waals surface area contributed by atoms with Crippen molar-refractivity contribution >= 4 is 17.7 Å². The summed E-state index contributed by atoms with van der Waals surface area (Å²) in [5, 5.41) is 6.85. The van der Waals surface area contributed by atoms with E-state index in [-0.39, 0.29) is 5.91 Å². The summed E-state index contributed by atoms with van der Waals surface area (Å²) in [6.45, 7) is 2.75. The molecule has 0 radical (unpaired) electrons. The zero-order chi connectivity index (χ0) is 14.4. The molecule has 6 heteroatoms. The van der Waals surface area contributed by atoms with Gasteiger partial charge in [-0.15, -0.1) is 0 Å². The average molecular weight is 272 g/mol. The fourth-order valence-corrected chi connectivity index (χ4v) is 1.74. The molecule has 0 bridgehead atoms. The Morgan fingerprint density at radius 2 is 2.30 bits per heavy atom. The lowest BCUT2D eigenvalue weighted by molar-refractivity contribution is -0.111. The normalized spacial score (nSPS) is 10.7. The van der Waals surface area contributed by atoms with Crippen molar-refractivity contribution in [2.45, 2.75) is 13.5 Å². The van der Waals surface area contributed by atoms with Crippen molar-refractivity contribution in [3.8, 4) is 5.75 Å². The fourth-order valence-electron chi connectivity index (χ4n) is 1.74. The highest BCUT2D eigenvalue weighted by atomic mass is 16.5. The number of anilines is 1. The largest absolute Gasteiger partial charge is 0.494 e. The highest BCUT2D eigenvalue weighted by Crippen LogP contribution is 2.21. The molecule has 1 N–H and O–H groups in total. The molecular formula is C14H16N4O2. The zero-order valence-corrected chi connectivity index (χ0v) is 11.4. The first-order valence-corrected chi connectivity index (χ1v) is 6.23. The van der Waals surface area contributed by atoms with Gasteiger partial charge in [-0.1, -0.05) is 0 Å². The summed E-state index contributed by atoms with van der Waals surface area (Å²) >= 11 is 0. The summed E-state index contributed by atoms with van der Waals surface area (Å²) in [6.07, 6.45) is 8.01. The number of hydrogen-bond acceptors (Lipinski definition) is 4. The Labute approximate surface area is 117 Å². The fraction of sp³-hybridized carbons (Fsp3) is 0.214. The molecule has 0 aliphatic heterocycles. The zero-order valence-electron chi connectivity index (χ0n) is 11.4. The number of ether oxygens (including phenoxy) is 1. The first kappa shape index (κ1) is 13.8. The smallest absolute Gasteiger partial charge is 0.248 e. The number of aryl methyl sites for hydroxylation is 1. The van der Waals surface area contributed by atoms with Crippen LogP contribution in [0.15, 0.2) is 36.8 Å². The second-order valence-electron chi connectivity index (χ2n) is 3.97. The lowest BCUT2D eigenvalue weighted by atomic mass is 10.3. The van der Waals surface area contributed by atoms with Gasteiger partial charge in [0.15, 0.2) is 0 Å². The van der Waals surface area contributed by atoms with Gasteiger partial charge in [0.1, 0.15) is 11.4 Å². The monoisotopic (exact) mass is 272 g/mol. The molecule has 2 aromatic heterocycles. The van der Waals surface area contributed by atoms with Gasteiger partial charge in [0.25, 0.3) is 0 Å². The highest BCUT2D eigenvalue weighted by Gasteiger charge is 2.05. The van der Waals surface area contributed by atoms with Crippen LogP contribution in [0, 0.1) is 0 Å². The third-order valence-electron chi connectivity index (χ3n) is 2.71. The summed E-state index contributed by atoms with van der Waals surface area (Å²) in [6, 6.07) is 3.53. The third-order valence-corrected chi connectivity index (χ3v) is 2.71. The molecule has 0 atom stereocenters. The lowest BCUT2D eigenvalue weighted by Gasteiger charge is -2.07. The minimum atomic E-state index is -0.250. The Bertz CT molecular complexity index is 619. The van der Waals surface area contributed by atoms with Crippen molar-refractivity contribution in [1.29, 1.82) is 0 Å². The summed E-state index contributed by atoms with van der Waals surface area (Å²) < 4.78 is 6.94. The van der Waals surface area contributed by atoms with Crippen molar-refractivity contribution in [3.63, 3.8) is 0 Å². The summed E-state index contributed by atoms with van der Waals surface area (Å²) in [7, 11) is 1.54. The van der Waals surface area contributed by atoms with Gasteiger partial charge in [0.05, 0.1) is 19.0 Å². The SMILES string of the molecule is CCn1nccc1/C=C/C(=O)Nc1cnccc1OC. The minimum Gasteiger partial charge on any atom is -0.494 e. The van der Waals surface area contributed by atoms with Crippen molar-refractivity contribution in [2.75, 3.05) is 12.4 Å². The number of pyridine rings is 1. The van der Waals surface area contributed by atoms with Crippen LogP contribution in [0.3, 0.4) is 0 Å². The molecule has 0 aliphatic rings. The molecule has 0 aromatic carbocycles. The number of aromatic nitrogens is 3. The van der Waals surface area contributed by atoms with Crippen LogP contribution in [0.25, 0.3) is 6.08 Å². The molecule has 2 rings (SSSR count). The lowest BCUT2D eigenvalue weighted by Crippen LogP contribution is -2.09. The Morgan fingerprint density at radius 1 is 1.45 bits per heavy atom. The third kappa shape index (κ3) is 3.23. The van der Waals surface area contributed by atoms with Gasteiger partial charge >= 0.3 is 0 Å². The van der Waals surface area contributed by atoms with Crippen molar-refractivity contribution in [1.82, 2.24) is 14.8 Å². The maximum absolute atomic E-state index is 11.9. The molecule has 1 amide bonds. The van der Waals surface area contributed by atoms with Crippen LogP contribution in [0.4, 0.5) is 5.69 Å². The van der Waals surface area contributed by atoms with E-state index in [9.17, 15) is 4.79 Å². The highest BCUT2D eigenvalue weighted by molar-refractivity contribution is 6.02. The van der Waals surface area contributed by atoms with Crippen molar-refractivity contribution in [3.05, 3.63) is 42.5 Å². The number of rotatable bonds is 5. The van der Waals surface area contributed by atoms with Crippen LogP contribution in [0.5, 0.6) is 5.75 Å². The molecule has 0 saturated carbocycles. The van der Waals surface area contributed by atoms with Crippen LogP contribution in [0.1, 0.15) is 12.6 Å². The summed E-state index contributed by atoms with van der Waals surface area (Å²) in [5.74, 6) is 0.320. The first-order chi connectivity index (χ1) is 9.74. The second-order valence-corrected chi connectivity index (χ2v) is 3.97. The van der Waals surface area contributed by atoms with Crippen LogP contribution in [0.2, 0.25) is 0 Å². The van der Waals surface area contributed by atoms with E-state index in [1.807, 2.05) is 13.0 Å². The molecular weight excluding hydrogens is 256 g/mol. The van der Waals surface area contributed by atoms with E-state index in [2.05, 4.69) is 15.4 Å². The summed E-state index contributed by atoms with van der Waals surface area (Å²) in [5.41, 5.74) is 1.41. The van der Waals surface area contributed by atoms with E-state index in [0.717, 1.165) is 12.2 Å². The Morgan fingerprint density at radius 3 is 3.05 bits per heavy atom. The van der Waals surface area contributed by atoms with Crippen molar-refractivity contribution in [2.24, 2.45) is 0 Å². The molecule has 2 heterocycles. The van der Waals surface area contributed by atoms with E-state index in [1.165, 1.54) is 6.08 Å². The molecule has 0 aliphatic carbocycles. The van der Waals surface area contributed by atoms with Gasteiger partial charge in [-0.3, -0.25) is 14.5 Å². The second kappa shape index (κ2) is 6.51. The standard InChI is InChI=1S/C14H16N4O2/c1-3-18-11(6-9-16-18)4-5-14(19)17-12-10-15-8-7-13(12)20-2/h4-10H,3H2,1-2H3,(H,17,19)/b5-4+. The van der Waals surface area contributed by atoms with Gasteiger partial charge < -0.3 is 10.1 Å². The average Bonchev–Trinajstić information content (AvgIpc) is 2.93. The number of hydrogen-bond donors (Lipinski definition) is 1. The van der Waals surface area contributed by atoms with E-state index >= 15 is 0 Å². The molecule has 6 nitrogen and oxygen atoms in total. The number of amides is 1. The minimum absolute atomic E-state index is 0.250. The molecule has 20 heavy (non-hydrogen) atoms. The van der Waals surface area contributed by atoms with E-state index < -0.39 is 0 Å². The predicted octanol–water partition coefficient (Wildman–Crippen LogP) is 1.96. The molecule has 0 fully saturated rings. The molecule has 0 spiro atoms. The van der Waals surface area contributed by atoms with Crippen LogP contribution < -0.4 is 10.1 Å². The molecule has 2 aromatic rings. The number of nitrogens with one attached hydrogen (secondary N) is 1. The summed E-state index contributed by atoms with van der Waals surface area (Å²) in [4.78, 5) is 15.8. The number of methoxy groups -OCH3 is 1. The van der Waals surface area contributed by atoms with Crippen LogP contribution in [-0.2, 0) is 11.3 Å². The quantitative estimate of drug-likeness (QED) is 0.845. The van der Waals surface area contributed by atoms with Crippen LogP contribution >= 0.6 is 0 Å². The number of carbonyl (C=O) groups excluding carboxylic acids is 1. The Kier molecular flexibility index (Phi) is 4.49. The van der Waals surface area contributed by atoms with Crippen LogP contribution in [-0.4, -0.2) is 27.8 Å². The maximum Gasteiger partial charge on any atom is 0.248 e. The predicted molar refractivity (Wildman–Crippen MR) is 76.4 cm³/mol. The Hall–Kier alpha value is -2.63.